The fourth-order valence-electron chi connectivity index (χ4n) is 2.50. The Balaban J connectivity index is 1.99. The summed E-state index contributed by atoms with van der Waals surface area (Å²) in [6, 6.07) is 12.8. The van der Waals surface area contributed by atoms with Gasteiger partial charge in [-0.3, -0.25) is 10.1 Å². The summed E-state index contributed by atoms with van der Waals surface area (Å²) in [4.78, 5) is 19.0. The van der Waals surface area contributed by atoms with Gasteiger partial charge in [-0.05, 0) is 55.3 Å². The number of hydrogen-bond donors (Lipinski definition) is 1. The predicted molar refractivity (Wildman–Crippen MR) is 102 cm³/mol. The lowest BCUT2D eigenvalue weighted by Gasteiger charge is -2.10. The maximum absolute atomic E-state index is 11.6. The molecular weight excluding hydrogens is 400 g/mol. The van der Waals surface area contributed by atoms with Gasteiger partial charge in [-0.2, -0.15) is 4.98 Å². The summed E-state index contributed by atoms with van der Waals surface area (Å²) in [7, 11) is 0. The SMILES string of the molecule is Cc1cc(C)cc(Oc2ncnc(Nc3cccc(Br)c3)c2[N+](=O)[O-])c1. The number of nitrogens with one attached hydrogen (secondary N) is 1. The molecule has 3 aromatic rings. The molecule has 1 aromatic heterocycles. The Hall–Kier alpha value is -3.00. The molecule has 0 atom stereocenters. The second-order valence-corrected chi connectivity index (χ2v) is 6.61. The Morgan fingerprint density at radius 1 is 1.12 bits per heavy atom. The number of hydrogen-bond acceptors (Lipinski definition) is 6. The average Bonchev–Trinajstić information content (AvgIpc) is 2.53. The molecule has 0 fully saturated rings. The van der Waals surface area contributed by atoms with Crippen LogP contribution in [-0.4, -0.2) is 14.9 Å². The van der Waals surface area contributed by atoms with E-state index >= 15 is 0 Å². The van der Waals surface area contributed by atoms with Crippen LogP contribution in [0, 0.1) is 24.0 Å². The van der Waals surface area contributed by atoms with E-state index in [-0.39, 0.29) is 17.4 Å². The van der Waals surface area contributed by atoms with Crippen LogP contribution in [0.25, 0.3) is 0 Å². The van der Waals surface area contributed by atoms with E-state index in [1.807, 2.05) is 32.0 Å². The van der Waals surface area contributed by atoms with Gasteiger partial charge >= 0.3 is 11.6 Å². The molecule has 0 saturated heterocycles. The normalized spacial score (nSPS) is 10.4. The highest BCUT2D eigenvalue weighted by Gasteiger charge is 2.25. The first-order chi connectivity index (χ1) is 12.4. The molecule has 0 aliphatic carbocycles. The van der Waals surface area contributed by atoms with Gasteiger partial charge in [0.05, 0.1) is 4.92 Å². The Kier molecular flexibility index (Phi) is 5.13. The Morgan fingerprint density at radius 2 is 1.85 bits per heavy atom. The number of halogens is 1. The van der Waals surface area contributed by atoms with E-state index in [9.17, 15) is 10.1 Å². The zero-order valence-electron chi connectivity index (χ0n) is 14.1. The van der Waals surface area contributed by atoms with Crippen molar-refractivity contribution < 1.29 is 9.66 Å². The van der Waals surface area contributed by atoms with E-state index in [1.165, 1.54) is 6.33 Å². The first-order valence-electron chi connectivity index (χ1n) is 7.70. The number of rotatable bonds is 5. The largest absolute Gasteiger partial charge is 0.434 e. The van der Waals surface area contributed by atoms with Crippen molar-refractivity contribution >= 4 is 33.1 Å². The first kappa shape index (κ1) is 17.8. The minimum atomic E-state index is -0.557. The van der Waals surface area contributed by atoms with E-state index < -0.39 is 4.92 Å². The Bertz CT molecular complexity index is 958. The van der Waals surface area contributed by atoms with Crippen LogP contribution in [0.4, 0.5) is 17.2 Å². The van der Waals surface area contributed by atoms with E-state index in [1.54, 1.807) is 24.3 Å². The molecule has 7 nitrogen and oxygen atoms in total. The highest BCUT2D eigenvalue weighted by atomic mass is 79.9. The van der Waals surface area contributed by atoms with Crippen LogP contribution < -0.4 is 10.1 Å². The number of aromatic nitrogens is 2. The minimum absolute atomic E-state index is 0.0578. The lowest BCUT2D eigenvalue weighted by atomic mass is 10.1. The summed E-state index contributed by atoms with van der Waals surface area (Å²) >= 11 is 3.36. The van der Waals surface area contributed by atoms with Crippen molar-refractivity contribution in [3.63, 3.8) is 0 Å². The first-order valence-corrected chi connectivity index (χ1v) is 8.50. The van der Waals surface area contributed by atoms with Gasteiger partial charge in [0, 0.05) is 10.2 Å². The molecule has 0 radical (unpaired) electrons. The van der Waals surface area contributed by atoms with Crippen molar-refractivity contribution in [1.29, 1.82) is 0 Å². The van der Waals surface area contributed by atoms with Crippen molar-refractivity contribution in [3.8, 4) is 11.6 Å². The average molecular weight is 415 g/mol. The monoisotopic (exact) mass is 414 g/mol. The summed E-state index contributed by atoms with van der Waals surface area (Å²) in [5.74, 6) is 0.424. The third kappa shape index (κ3) is 4.15. The zero-order valence-corrected chi connectivity index (χ0v) is 15.6. The van der Waals surface area contributed by atoms with Crippen molar-refractivity contribution in [2.45, 2.75) is 13.8 Å². The van der Waals surface area contributed by atoms with Gasteiger partial charge in [-0.25, -0.2) is 4.98 Å². The van der Waals surface area contributed by atoms with Crippen molar-refractivity contribution in [2.24, 2.45) is 0 Å². The van der Waals surface area contributed by atoms with Crippen LogP contribution in [-0.2, 0) is 0 Å². The van der Waals surface area contributed by atoms with Crippen LogP contribution in [0.1, 0.15) is 11.1 Å². The molecule has 0 unspecified atom stereocenters. The number of nitrogens with zero attached hydrogens (tertiary/aromatic N) is 3. The molecule has 2 aromatic carbocycles. The van der Waals surface area contributed by atoms with Crippen LogP contribution in [0.3, 0.4) is 0 Å². The van der Waals surface area contributed by atoms with E-state index in [0.29, 0.717) is 11.4 Å². The Labute approximate surface area is 158 Å². The summed E-state index contributed by atoms with van der Waals surface area (Å²) in [6.45, 7) is 3.85. The quantitative estimate of drug-likeness (QED) is 0.449. The molecule has 3 rings (SSSR count). The number of nitro groups is 1. The second kappa shape index (κ2) is 7.49. The summed E-state index contributed by atoms with van der Waals surface area (Å²) in [6.07, 6.45) is 1.23. The number of benzene rings is 2. The standard InChI is InChI=1S/C18H15BrN4O3/c1-11-6-12(2)8-15(7-11)26-18-16(23(24)25)17(20-10-21-18)22-14-5-3-4-13(19)9-14/h3-10H,1-2H3,(H,20,21,22). The van der Waals surface area contributed by atoms with Crippen LogP contribution in [0.15, 0.2) is 53.3 Å². The van der Waals surface area contributed by atoms with E-state index in [0.717, 1.165) is 15.6 Å². The highest BCUT2D eigenvalue weighted by molar-refractivity contribution is 9.10. The molecule has 0 spiro atoms. The maximum atomic E-state index is 11.6. The van der Waals surface area contributed by atoms with Crippen LogP contribution in [0.2, 0.25) is 0 Å². The number of ether oxygens (including phenoxy) is 1. The molecule has 0 amide bonds. The van der Waals surface area contributed by atoms with E-state index in [2.05, 4.69) is 31.2 Å². The Morgan fingerprint density at radius 3 is 2.50 bits per heavy atom. The summed E-state index contributed by atoms with van der Waals surface area (Å²) in [5, 5.41) is 14.6. The van der Waals surface area contributed by atoms with Gasteiger partial charge in [0.15, 0.2) is 0 Å². The third-order valence-electron chi connectivity index (χ3n) is 3.47. The lowest BCUT2D eigenvalue weighted by Crippen LogP contribution is -2.03. The molecule has 8 heteroatoms. The topological polar surface area (TPSA) is 90.2 Å². The molecule has 0 aliphatic heterocycles. The molecule has 0 aliphatic rings. The molecular formula is C18H15BrN4O3. The maximum Gasteiger partial charge on any atom is 0.373 e. The molecule has 0 bridgehead atoms. The smallest absolute Gasteiger partial charge is 0.373 e. The fourth-order valence-corrected chi connectivity index (χ4v) is 2.90. The third-order valence-corrected chi connectivity index (χ3v) is 3.96. The molecule has 26 heavy (non-hydrogen) atoms. The van der Waals surface area contributed by atoms with Crippen molar-refractivity contribution in [2.75, 3.05) is 5.32 Å². The number of anilines is 2. The van der Waals surface area contributed by atoms with Gasteiger partial charge < -0.3 is 10.1 Å². The van der Waals surface area contributed by atoms with Gasteiger partial charge in [-0.1, -0.05) is 28.1 Å². The van der Waals surface area contributed by atoms with Gasteiger partial charge in [-0.15, -0.1) is 0 Å². The van der Waals surface area contributed by atoms with Crippen molar-refractivity contribution in [1.82, 2.24) is 9.97 Å². The van der Waals surface area contributed by atoms with Crippen molar-refractivity contribution in [3.05, 3.63) is 74.5 Å². The molecule has 132 valence electrons. The molecule has 0 saturated carbocycles. The fraction of sp³-hybridized carbons (Fsp3) is 0.111. The van der Waals surface area contributed by atoms with Gasteiger partial charge in [0.1, 0.15) is 12.1 Å². The van der Waals surface area contributed by atoms with Gasteiger partial charge in [0.2, 0.25) is 5.82 Å². The predicted octanol–water partition coefficient (Wildman–Crippen LogP) is 5.30. The minimum Gasteiger partial charge on any atom is -0.434 e. The highest BCUT2D eigenvalue weighted by Crippen LogP contribution is 2.36. The lowest BCUT2D eigenvalue weighted by molar-refractivity contribution is -0.385. The van der Waals surface area contributed by atoms with E-state index in [4.69, 9.17) is 4.74 Å². The molecule has 1 N–H and O–H groups in total. The second-order valence-electron chi connectivity index (χ2n) is 5.69. The van der Waals surface area contributed by atoms with Crippen LogP contribution in [0.5, 0.6) is 11.6 Å². The number of aryl methyl sites for hydroxylation is 2. The summed E-state index contributed by atoms with van der Waals surface area (Å²) < 4.78 is 6.53. The van der Waals surface area contributed by atoms with Gasteiger partial charge in [0.25, 0.3) is 0 Å². The molecule has 1 heterocycles. The zero-order chi connectivity index (χ0) is 18.7. The summed E-state index contributed by atoms with van der Waals surface area (Å²) in [5.41, 5.74) is 2.30. The van der Waals surface area contributed by atoms with Crippen LogP contribution >= 0.6 is 15.9 Å².